The molecule has 0 aliphatic carbocycles. The van der Waals surface area contributed by atoms with Gasteiger partial charge in [0.2, 0.25) is 0 Å². The van der Waals surface area contributed by atoms with Crippen molar-refractivity contribution in [1.82, 2.24) is 0 Å². The summed E-state index contributed by atoms with van der Waals surface area (Å²) >= 11 is 10.9. The number of fused-ring (bicyclic) bond motifs is 1. The molecule has 3 nitrogen and oxygen atoms in total. The second-order valence-electron chi connectivity index (χ2n) is 4.49. The minimum Gasteiger partial charge on any atom is -0.399 e. The normalized spacial score (nSPS) is 10.8. The van der Waals surface area contributed by atoms with Gasteiger partial charge in [-0.25, -0.2) is 0 Å². The molecule has 0 aliphatic heterocycles. The lowest BCUT2D eigenvalue weighted by Crippen LogP contribution is -2.10. The lowest BCUT2D eigenvalue weighted by atomic mass is 10.2. The van der Waals surface area contributed by atoms with Gasteiger partial charge < -0.3 is 11.1 Å². The Labute approximate surface area is 138 Å². The third-order valence-electron chi connectivity index (χ3n) is 2.94. The predicted octanol–water partition coefficient (Wildman–Crippen LogP) is 5.15. The minimum absolute atomic E-state index is 0.185. The number of nitrogens with two attached hydrogens (primary N) is 1. The highest BCUT2D eigenvalue weighted by Gasteiger charge is 2.12. The van der Waals surface area contributed by atoms with Gasteiger partial charge in [-0.2, -0.15) is 0 Å². The van der Waals surface area contributed by atoms with Gasteiger partial charge in [0.1, 0.15) is 0 Å². The number of halogens is 2. The van der Waals surface area contributed by atoms with Crippen LogP contribution in [0.25, 0.3) is 10.1 Å². The molecule has 3 N–H and O–H groups in total. The quantitative estimate of drug-likeness (QED) is 0.603. The van der Waals surface area contributed by atoms with Crippen LogP contribution in [0.3, 0.4) is 0 Å². The maximum atomic E-state index is 12.3. The van der Waals surface area contributed by atoms with Crippen LogP contribution in [0.4, 0.5) is 11.4 Å². The van der Waals surface area contributed by atoms with E-state index in [0.717, 1.165) is 14.6 Å². The number of nitrogen functional groups attached to an aromatic ring is 1. The molecule has 106 valence electrons. The summed E-state index contributed by atoms with van der Waals surface area (Å²) < 4.78 is 1.88. The number of anilines is 2. The van der Waals surface area contributed by atoms with E-state index in [-0.39, 0.29) is 5.91 Å². The lowest BCUT2D eigenvalue weighted by Gasteiger charge is -2.06. The van der Waals surface area contributed by atoms with Crippen molar-refractivity contribution in [2.75, 3.05) is 11.1 Å². The molecule has 0 atom stereocenters. The number of carbonyl (C=O) groups excluding carboxylic acids is 1. The van der Waals surface area contributed by atoms with Gasteiger partial charge in [-0.3, -0.25) is 4.79 Å². The number of hydrogen-bond acceptors (Lipinski definition) is 3. The molecule has 3 rings (SSSR count). The van der Waals surface area contributed by atoms with Gasteiger partial charge in [0.25, 0.3) is 5.91 Å². The summed E-state index contributed by atoms with van der Waals surface area (Å²) in [5.41, 5.74) is 7.01. The topological polar surface area (TPSA) is 55.1 Å². The van der Waals surface area contributed by atoms with Gasteiger partial charge in [0, 0.05) is 14.9 Å². The highest BCUT2D eigenvalue weighted by Crippen LogP contribution is 2.30. The molecular formula is C15H10BrClN2OS. The van der Waals surface area contributed by atoms with Crippen molar-refractivity contribution in [2.24, 2.45) is 0 Å². The Morgan fingerprint density at radius 1 is 1.19 bits per heavy atom. The van der Waals surface area contributed by atoms with E-state index >= 15 is 0 Å². The Morgan fingerprint density at radius 2 is 2.00 bits per heavy atom. The molecule has 0 spiro atoms. The van der Waals surface area contributed by atoms with Crippen LogP contribution < -0.4 is 11.1 Å². The first kappa shape index (κ1) is 14.4. The van der Waals surface area contributed by atoms with Crippen LogP contribution >= 0.6 is 38.9 Å². The molecule has 1 heterocycles. The van der Waals surface area contributed by atoms with Crippen LogP contribution in [0.1, 0.15) is 9.67 Å². The highest BCUT2D eigenvalue weighted by atomic mass is 79.9. The van der Waals surface area contributed by atoms with Crippen molar-refractivity contribution in [1.29, 1.82) is 0 Å². The fourth-order valence-corrected chi connectivity index (χ4v) is 3.42. The fourth-order valence-electron chi connectivity index (χ4n) is 1.95. The van der Waals surface area contributed by atoms with Crippen LogP contribution in [0.5, 0.6) is 0 Å². The number of amides is 1. The Morgan fingerprint density at radius 3 is 2.81 bits per heavy atom. The van der Waals surface area contributed by atoms with Crippen LogP contribution in [0, 0.1) is 0 Å². The molecule has 0 unspecified atom stereocenters. The molecule has 0 fully saturated rings. The number of carbonyl (C=O) groups is 1. The van der Waals surface area contributed by atoms with E-state index in [4.69, 9.17) is 17.3 Å². The molecule has 0 radical (unpaired) electrons. The molecule has 0 aliphatic rings. The molecule has 1 aromatic heterocycles. The Kier molecular flexibility index (Phi) is 3.89. The number of benzene rings is 2. The maximum absolute atomic E-state index is 12.3. The van der Waals surface area contributed by atoms with Crippen LogP contribution in [0.2, 0.25) is 5.02 Å². The second kappa shape index (κ2) is 5.67. The zero-order valence-electron chi connectivity index (χ0n) is 10.7. The number of thiophene rings is 1. The average Bonchev–Trinajstić information content (AvgIpc) is 2.86. The Bertz CT molecular complexity index is 847. The summed E-state index contributed by atoms with van der Waals surface area (Å²) in [6.07, 6.45) is 0. The number of rotatable bonds is 2. The van der Waals surface area contributed by atoms with Crippen molar-refractivity contribution in [3.8, 4) is 0 Å². The van der Waals surface area contributed by atoms with Crippen molar-refractivity contribution in [2.45, 2.75) is 0 Å². The molecule has 0 bridgehead atoms. The van der Waals surface area contributed by atoms with E-state index in [0.29, 0.717) is 21.3 Å². The van der Waals surface area contributed by atoms with E-state index in [1.807, 2.05) is 30.3 Å². The summed E-state index contributed by atoms with van der Waals surface area (Å²) in [6, 6.07) is 12.7. The SMILES string of the molecule is Nc1ccc2sc(C(=O)Nc3cc(Br)ccc3Cl)cc2c1. The monoisotopic (exact) mass is 380 g/mol. The molecule has 3 aromatic rings. The molecule has 21 heavy (non-hydrogen) atoms. The first-order chi connectivity index (χ1) is 10.0. The van der Waals surface area contributed by atoms with Crippen LogP contribution in [-0.2, 0) is 0 Å². The predicted molar refractivity (Wildman–Crippen MR) is 93.3 cm³/mol. The molecular weight excluding hydrogens is 372 g/mol. The van der Waals surface area contributed by atoms with Crippen LogP contribution in [0.15, 0.2) is 46.9 Å². The third kappa shape index (κ3) is 3.05. The maximum Gasteiger partial charge on any atom is 0.265 e. The van der Waals surface area contributed by atoms with Gasteiger partial charge >= 0.3 is 0 Å². The Balaban J connectivity index is 1.91. The zero-order chi connectivity index (χ0) is 15.0. The first-order valence-electron chi connectivity index (χ1n) is 6.08. The van der Waals surface area contributed by atoms with Crippen LogP contribution in [-0.4, -0.2) is 5.91 Å². The molecule has 0 saturated carbocycles. The Hall–Kier alpha value is -1.56. The van der Waals surface area contributed by atoms with Crippen molar-refractivity contribution < 1.29 is 4.79 Å². The van der Waals surface area contributed by atoms with Crippen molar-refractivity contribution >= 4 is 66.2 Å². The molecule has 1 amide bonds. The smallest absolute Gasteiger partial charge is 0.265 e. The van der Waals surface area contributed by atoms with Gasteiger partial charge in [-0.15, -0.1) is 11.3 Å². The molecule has 2 aromatic carbocycles. The third-order valence-corrected chi connectivity index (χ3v) is 4.88. The van der Waals surface area contributed by atoms with Gasteiger partial charge in [0.05, 0.1) is 15.6 Å². The number of hydrogen-bond donors (Lipinski definition) is 2. The van der Waals surface area contributed by atoms with E-state index in [2.05, 4.69) is 21.2 Å². The van der Waals surface area contributed by atoms with Gasteiger partial charge in [-0.1, -0.05) is 27.5 Å². The summed E-state index contributed by atoms with van der Waals surface area (Å²) in [5.74, 6) is -0.185. The largest absolute Gasteiger partial charge is 0.399 e. The van der Waals surface area contributed by atoms with E-state index in [1.54, 1.807) is 12.1 Å². The minimum atomic E-state index is -0.185. The number of nitrogens with one attached hydrogen (secondary N) is 1. The van der Waals surface area contributed by atoms with Gasteiger partial charge in [-0.05, 0) is 47.9 Å². The fraction of sp³-hybridized carbons (Fsp3) is 0. The average molecular weight is 382 g/mol. The van der Waals surface area contributed by atoms with E-state index in [9.17, 15) is 4.79 Å². The van der Waals surface area contributed by atoms with E-state index in [1.165, 1.54) is 11.3 Å². The summed E-state index contributed by atoms with van der Waals surface area (Å²) in [6.45, 7) is 0. The molecule has 6 heteroatoms. The zero-order valence-corrected chi connectivity index (χ0v) is 13.8. The summed E-state index contributed by atoms with van der Waals surface area (Å²) in [7, 11) is 0. The lowest BCUT2D eigenvalue weighted by molar-refractivity contribution is 0.103. The van der Waals surface area contributed by atoms with Crippen molar-refractivity contribution in [3.63, 3.8) is 0 Å². The summed E-state index contributed by atoms with van der Waals surface area (Å²) in [5, 5.41) is 4.28. The second-order valence-corrected chi connectivity index (χ2v) is 6.89. The van der Waals surface area contributed by atoms with E-state index < -0.39 is 0 Å². The first-order valence-corrected chi connectivity index (χ1v) is 8.07. The highest BCUT2D eigenvalue weighted by molar-refractivity contribution is 9.10. The standard InChI is InChI=1S/C15H10BrClN2OS/c16-9-1-3-11(17)12(7-9)19-15(20)14-6-8-5-10(18)2-4-13(8)21-14/h1-7H,18H2,(H,19,20). The summed E-state index contributed by atoms with van der Waals surface area (Å²) in [4.78, 5) is 12.9. The molecule has 0 saturated heterocycles. The van der Waals surface area contributed by atoms with Gasteiger partial charge in [0.15, 0.2) is 0 Å². The van der Waals surface area contributed by atoms with Crippen molar-refractivity contribution in [3.05, 3.63) is 56.8 Å².